The number of fused-ring (bicyclic) bond motifs is 1. The maximum atomic E-state index is 5.57. The van der Waals surface area contributed by atoms with Gasteiger partial charge < -0.3 is 4.74 Å². The molecule has 0 amide bonds. The molecule has 2 saturated heterocycles. The van der Waals surface area contributed by atoms with Gasteiger partial charge in [0.05, 0.1) is 13.2 Å². The van der Waals surface area contributed by atoms with Crippen molar-refractivity contribution in [3.63, 3.8) is 0 Å². The van der Waals surface area contributed by atoms with E-state index in [0.29, 0.717) is 11.5 Å². The first kappa shape index (κ1) is 9.47. The molecule has 13 heavy (non-hydrogen) atoms. The van der Waals surface area contributed by atoms with E-state index in [4.69, 9.17) is 4.74 Å². The van der Waals surface area contributed by atoms with Gasteiger partial charge in [0.25, 0.3) is 0 Å². The maximum Gasteiger partial charge on any atom is 0.0625 e. The summed E-state index contributed by atoms with van der Waals surface area (Å²) in [7, 11) is 0. The van der Waals surface area contributed by atoms with Crippen molar-refractivity contribution in [2.45, 2.75) is 33.2 Å². The van der Waals surface area contributed by atoms with Crippen LogP contribution < -0.4 is 0 Å². The highest BCUT2D eigenvalue weighted by Crippen LogP contribution is 2.39. The predicted octanol–water partition coefficient (Wildman–Crippen LogP) is 1.75. The second-order valence-corrected chi connectivity index (χ2v) is 5.44. The maximum absolute atomic E-state index is 5.57. The van der Waals surface area contributed by atoms with E-state index in [0.717, 1.165) is 25.7 Å². The molecule has 0 radical (unpaired) electrons. The Morgan fingerprint density at radius 3 is 2.69 bits per heavy atom. The average molecular weight is 183 g/mol. The third-order valence-corrected chi connectivity index (χ3v) is 3.58. The van der Waals surface area contributed by atoms with Gasteiger partial charge in [-0.15, -0.1) is 0 Å². The summed E-state index contributed by atoms with van der Waals surface area (Å²) >= 11 is 0. The number of rotatable bonds is 0. The Labute approximate surface area is 81.3 Å². The molecule has 76 valence electrons. The van der Waals surface area contributed by atoms with Crippen LogP contribution >= 0.6 is 0 Å². The quantitative estimate of drug-likeness (QED) is 0.567. The molecular formula is C11H21NO. The third kappa shape index (κ3) is 1.75. The van der Waals surface area contributed by atoms with Gasteiger partial charge >= 0.3 is 0 Å². The van der Waals surface area contributed by atoms with Gasteiger partial charge in [-0.1, -0.05) is 20.8 Å². The zero-order valence-corrected chi connectivity index (χ0v) is 9.05. The summed E-state index contributed by atoms with van der Waals surface area (Å²) in [6.45, 7) is 11.4. The van der Waals surface area contributed by atoms with Gasteiger partial charge in [0.1, 0.15) is 0 Å². The van der Waals surface area contributed by atoms with E-state index >= 15 is 0 Å². The Morgan fingerprint density at radius 2 is 2.00 bits per heavy atom. The van der Waals surface area contributed by atoms with Crippen LogP contribution in [0, 0.1) is 11.3 Å². The van der Waals surface area contributed by atoms with E-state index in [1.807, 2.05) is 0 Å². The van der Waals surface area contributed by atoms with E-state index in [9.17, 15) is 0 Å². The fourth-order valence-electron chi connectivity index (χ4n) is 2.81. The molecule has 2 unspecified atom stereocenters. The minimum atomic E-state index is 0.445. The van der Waals surface area contributed by atoms with Gasteiger partial charge in [-0.3, -0.25) is 4.90 Å². The van der Waals surface area contributed by atoms with Crippen molar-refractivity contribution >= 4 is 0 Å². The number of nitrogens with zero attached hydrogens (tertiary/aromatic N) is 1. The van der Waals surface area contributed by atoms with Gasteiger partial charge in [0.2, 0.25) is 0 Å². The van der Waals surface area contributed by atoms with Crippen LogP contribution in [-0.2, 0) is 4.74 Å². The molecular weight excluding hydrogens is 162 g/mol. The van der Waals surface area contributed by atoms with E-state index in [-0.39, 0.29) is 0 Å². The molecule has 0 aromatic carbocycles. The molecule has 0 spiro atoms. The normalized spacial score (nSPS) is 36.2. The monoisotopic (exact) mass is 183 g/mol. The lowest BCUT2D eigenvalue weighted by molar-refractivity contribution is -0.0142. The van der Waals surface area contributed by atoms with Crippen LogP contribution in [0.2, 0.25) is 0 Å². The third-order valence-electron chi connectivity index (χ3n) is 3.58. The molecule has 0 saturated carbocycles. The molecule has 0 aromatic heterocycles. The minimum absolute atomic E-state index is 0.445. The number of ether oxygens (including phenoxy) is 1. The van der Waals surface area contributed by atoms with Gasteiger partial charge in [-0.2, -0.15) is 0 Å². The Kier molecular flexibility index (Phi) is 2.37. The molecule has 2 heterocycles. The lowest BCUT2D eigenvalue weighted by atomic mass is 9.76. The lowest BCUT2D eigenvalue weighted by Gasteiger charge is -2.37. The SMILES string of the molecule is CC(C)(C)C1CCN2CCOCC12. The highest BCUT2D eigenvalue weighted by Gasteiger charge is 2.41. The van der Waals surface area contributed by atoms with Crippen LogP contribution in [0.15, 0.2) is 0 Å². The fourth-order valence-corrected chi connectivity index (χ4v) is 2.81. The first-order valence-corrected chi connectivity index (χ1v) is 5.41. The van der Waals surface area contributed by atoms with E-state index in [1.165, 1.54) is 13.0 Å². The first-order chi connectivity index (χ1) is 6.09. The summed E-state index contributed by atoms with van der Waals surface area (Å²) in [6.07, 6.45) is 1.36. The standard InChI is InChI=1S/C11H21NO/c1-11(2,3)9-4-5-12-6-7-13-8-10(9)12/h9-10H,4-8H2,1-3H3. The van der Waals surface area contributed by atoms with Crippen LogP contribution in [0.4, 0.5) is 0 Å². The summed E-state index contributed by atoms with van der Waals surface area (Å²) in [5, 5.41) is 0. The minimum Gasteiger partial charge on any atom is -0.378 e. The Bertz CT molecular complexity index is 185. The molecule has 0 bridgehead atoms. The smallest absolute Gasteiger partial charge is 0.0625 e. The van der Waals surface area contributed by atoms with Crippen LogP contribution in [0.3, 0.4) is 0 Å². The van der Waals surface area contributed by atoms with Crippen molar-refractivity contribution in [3.05, 3.63) is 0 Å². The van der Waals surface area contributed by atoms with Crippen molar-refractivity contribution in [1.82, 2.24) is 4.90 Å². The summed E-state index contributed by atoms with van der Waals surface area (Å²) < 4.78 is 5.57. The van der Waals surface area contributed by atoms with Gasteiger partial charge in [-0.05, 0) is 24.3 Å². The molecule has 2 fully saturated rings. The zero-order chi connectivity index (χ0) is 9.47. The Balaban J connectivity index is 2.07. The van der Waals surface area contributed by atoms with Crippen molar-refractivity contribution in [2.24, 2.45) is 11.3 Å². The predicted molar refractivity (Wildman–Crippen MR) is 53.7 cm³/mol. The fraction of sp³-hybridized carbons (Fsp3) is 1.00. The van der Waals surface area contributed by atoms with Crippen LogP contribution in [0.5, 0.6) is 0 Å². The molecule has 2 rings (SSSR count). The van der Waals surface area contributed by atoms with Crippen molar-refractivity contribution in [1.29, 1.82) is 0 Å². The Hall–Kier alpha value is -0.0800. The summed E-state index contributed by atoms with van der Waals surface area (Å²) in [6, 6.07) is 0.703. The van der Waals surface area contributed by atoms with E-state index in [2.05, 4.69) is 25.7 Å². The van der Waals surface area contributed by atoms with Crippen molar-refractivity contribution in [3.8, 4) is 0 Å². The van der Waals surface area contributed by atoms with Crippen LogP contribution in [0.1, 0.15) is 27.2 Å². The van der Waals surface area contributed by atoms with Crippen LogP contribution in [0.25, 0.3) is 0 Å². The first-order valence-electron chi connectivity index (χ1n) is 5.41. The van der Waals surface area contributed by atoms with Crippen molar-refractivity contribution < 1.29 is 4.74 Å². The summed E-state index contributed by atoms with van der Waals surface area (Å²) in [5.41, 5.74) is 0.445. The van der Waals surface area contributed by atoms with E-state index in [1.54, 1.807) is 0 Å². The van der Waals surface area contributed by atoms with Crippen molar-refractivity contribution in [2.75, 3.05) is 26.3 Å². The number of hydrogen-bond acceptors (Lipinski definition) is 2. The highest BCUT2D eigenvalue weighted by atomic mass is 16.5. The molecule has 2 aliphatic rings. The molecule has 2 atom stereocenters. The largest absolute Gasteiger partial charge is 0.378 e. The average Bonchev–Trinajstić information content (AvgIpc) is 2.45. The van der Waals surface area contributed by atoms with Gasteiger partial charge in [-0.25, -0.2) is 0 Å². The zero-order valence-electron chi connectivity index (χ0n) is 9.05. The number of hydrogen-bond donors (Lipinski definition) is 0. The van der Waals surface area contributed by atoms with Crippen LogP contribution in [-0.4, -0.2) is 37.2 Å². The summed E-state index contributed by atoms with van der Waals surface area (Å²) in [4.78, 5) is 2.61. The topological polar surface area (TPSA) is 12.5 Å². The molecule has 2 aliphatic heterocycles. The van der Waals surface area contributed by atoms with E-state index < -0.39 is 0 Å². The second kappa shape index (κ2) is 3.25. The Morgan fingerprint density at radius 1 is 1.23 bits per heavy atom. The lowest BCUT2D eigenvalue weighted by Crippen LogP contribution is -2.46. The summed E-state index contributed by atoms with van der Waals surface area (Å²) in [5.74, 6) is 0.827. The molecule has 0 aromatic rings. The molecule has 0 N–H and O–H groups in total. The molecule has 0 aliphatic carbocycles. The van der Waals surface area contributed by atoms with Gasteiger partial charge in [0, 0.05) is 12.6 Å². The second-order valence-electron chi connectivity index (χ2n) is 5.44. The highest BCUT2D eigenvalue weighted by molar-refractivity contribution is 4.94. The molecule has 2 nitrogen and oxygen atoms in total. The molecule has 2 heteroatoms. The van der Waals surface area contributed by atoms with Gasteiger partial charge in [0.15, 0.2) is 0 Å². The number of morpholine rings is 1.